The van der Waals surface area contributed by atoms with E-state index in [1.54, 1.807) is 14.2 Å². The third-order valence-corrected chi connectivity index (χ3v) is 7.13. The largest absolute Gasteiger partial charge is 0.497 e. The van der Waals surface area contributed by atoms with Gasteiger partial charge < -0.3 is 29.5 Å². The fourth-order valence-electron chi connectivity index (χ4n) is 4.86. The molecule has 0 saturated carbocycles. The van der Waals surface area contributed by atoms with Crippen LogP contribution in [0.3, 0.4) is 0 Å². The smallest absolute Gasteiger partial charge is 0.119 e. The molecule has 0 fully saturated rings. The van der Waals surface area contributed by atoms with Gasteiger partial charge in [0.15, 0.2) is 0 Å². The summed E-state index contributed by atoms with van der Waals surface area (Å²) >= 11 is 0. The van der Waals surface area contributed by atoms with Gasteiger partial charge in [0.25, 0.3) is 0 Å². The molecule has 2 N–H and O–H groups in total. The second kappa shape index (κ2) is 14.6. The first kappa shape index (κ1) is 31.9. The van der Waals surface area contributed by atoms with Crippen LogP contribution in [0.1, 0.15) is 51.7 Å². The Hall–Kier alpha value is -2.12. The Balaban J connectivity index is 0.000000360. The first-order valence-corrected chi connectivity index (χ1v) is 12.9. The second-order valence-electron chi connectivity index (χ2n) is 10.3. The monoisotopic (exact) mass is 502 g/mol. The van der Waals surface area contributed by atoms with Crippen LogP contribution in [0, 0.1) is 11.8 Å². The summed E-state index contributed by atoms with van der Waals surface area (Å²) in [4.78, 5) is 4.21. The molecular formula is C30H50N2O4. The van der Waals surface area contributed by atoms with E-state index in [4.69, 9.17) is 9.47 Å². The summed E-state index contributed by atoms with van der Waals surface area (Å²) in [6, 6.07) is 15.4. The molecule has 0 saturated heterocycles. The van der Waals surface area contributed by atoms with E-state index in [2.05, 4.69) is 23.6 Å². The van der Waals surface area contributed by atoms with Gasteiger partial charge in [-0.25, -0.2) is 0 Å². The van der Waals surface area contributed by atoms with Crippen LogP contribution in [0.2, 0.25) is 0 Å². The summed E-state index contributed by atoms with van der Waals surface area (Å²) in [6.07, 6.45) is 1.38. The lowest BCUT2D eigenvalue weighted by molar-refractivity contribution is -0.0294. The molecule has 0 bridgehead atoms. The van der Waals surface area contributed by atoms with Gasteiger partial charge in [-0.2, -0.15) is 0 Å². The van der Waals surface area contributed by atoms with Crippen molar-refractivity contribution >= 4 is 0 Å². The highest BCUT2D eigenvalue weighted by Crippen LogP contribution is 2.36. The minimum absolute atomic E-state index is 0.157. The van der Waals surface area contributed by atoms with Crippen molar-refractivity contribution in [3.63, 3.8) is 0 Å². The zero-order valence-electron chi connectivity index (χ0n) is 24.2. The molecule has 0 radical (unpaired) electrons. The van der Waals surface area contributed by atoms with Crippen LogP contribution < -0.4 is 9.47 Å². The van der Waals surface area contributed by atoms with E-state index in [9.17, 15) is 10.2 Å². The van der Waals surface area contributed by atoms with Crippen LogP contribution >= 0.6 is 0 Å². The number of rotatable bonds is 12. The van der Waals surface area contributed by atoms with Gasteiger partial charge >= 0.3 is 0 Å². The topological polar surface area (TPSA) is 65.4 Å². The molecule has 36 heavy (non-hydrogen) atoms. The SMILES string of the molecule is CCC(O)(c1cccc(OC)c1)C(C)CN(C)C.CC[C@](O)(c1cccc(OC)c1)[C@H](C)CN(C)C. The molecule has 0 heterocycles. The van der Waals surface area contributed by atoms with Gasteiger partial charge in [0.05, 0.1) is 25.4 Å². The molecule has 0 aromatic heterocycles. The summed E-state index contributed by atoms with van der Waals surface area (Å²) < 4.78 is 10.5. The molecule has 2 aromatic carbocycles. The minimum Gasteiger partial charge on any atom is -0.497 e. The van der Waals surface area contributed by atoms with Crippen molar-refractivity contribution in [2.75, 3.05) is 55.5 Å². The van der Waals surface area contributed by atoms with E-state index in [1.807, 2.05) is 90.6 Å². The lowest BCUT2D eigenvalue weighted by Gasteiger charge is -2.35. The van der Waals surface area contributed by atoms with E-state index < -0.39 is 11.2 Å². The highest BCUT2D eigenvalue weighted by atomic mass is 16.5. The molecule has 0 aliphatic carbocycles. The van der Waals surface area contributed by atoms with Gasteiger partial charge in [-0.1, -0.05) is 52.0 Å². The Kier molecular flexibility index (Phi) is 12.9. The maximum absolute atomic E-state index is 10.9. The van der Waals surface area contributed by atoms with Crippen molar-refractivity contribution < 1.29 is 19.7 Å². The first-order chi connectivity index (χ1) is 16.9. The summed E-state index contributed by atoms with van der Waals surface area (Å²) in [6.45, 7) is 9.91. The Labute approximate surface area is 219 Å². The first-order valence-electron chi connectivity index (χ1n) is 12.9. The van der Waals surface area contributed by atoms with Crippen molar-refractivity contribution in [1.29, 1.82) is 0 Å². The van der Waals surface area contributed by atoms with Crippen LogP contribution in [0.5, 0.6) is 11.5 Å². The standard InChI is InChI=1S/2C15H25NO2/c2*1-6-15(17,12(2)11-16(3)4)13-8-7-9-14(10-13)18-5/h2*7-10,12,17H,6,11H2,1-5H3/t12-,15-;/m1./s1. The van der Waals surface area contributed by atoms with Crippen molar-refractivity contribution in [3.05, 3.63) is 59.7 Å². The summed E-state index contributed by atoms with van der Waals surface area (Å²) in [5.41, 5.74) is 0.245. The molecule has 0 aliphatic rings. The number of hydrogen-bond acceptors (Lipinski definition) is 6. The number of ether oxygens (including phenoxy) is 2. The Morgan fingerprint density at radius 2 is 1.03 bits per heavy atom. The lowest BCUT2D eigenvalue weighted by atomic mass is 9.80. The molecule has 204 valence electrons. The molecule has 2 aromatic rings. The predicted molar refractivity (Wildman–Crippen MR) is 150 cm³/mol. The molecular weight excluding hydrogens is 452 g/mol. The predicted octanol–water partition coefficient (Wildman–Crippen LogP) is 4.98. The van der Waals surface area contributed by atoms with E-state index in [0.29, 0.717) is 12.8 Å². The van der Waals surface area contributed by atoms with Crippen LogP contribution in [0.25, 0.3) is 0 Å². The van der Waals surface area contributed by atoms with Gasteiger partial charge in [0.1, 0.15) is 11.5 Å². The molecule has 4 atom stereocenters. The highest BCUT2D eigenvalue weighted by molar-refractivity contribution is 5.33. The van der Waals surface area contributed by atoms with Gasteiger partial charge in [0.2, 0.25) is 0 Å². The van der Waals surface area contributed by atoms with E-state index in [0.717, 1.165) is 35.7 Å². The highest BCUT2D eigenvalue weighted by Gasteiger charge is 2.35. The fourth-order valence-corrected chi connectivity index (χ4v) is 4.86. The fraction of sp³-hybridized carbons (Fsp3) is 0.600. The maximum Gasteiger partial charge on any atom is 0.119 e. The van der Waals surface area contributed by atoms with Crippen molar-refractivity contribution in [3.8, 4) is 11.5 Å². The van der Waals surface area contributed by atoms with Gasteiger partial charge in [0, 0.05) is 24.9 Å². The van der Waals surface area contributed by atoms with E-state index in [-0.39, 0.29) is 11.8 Å². The Morgan fingerprint density at radius 3 is 1.28 bits per heavy atom. The van der Waals surface area contributed by atoms with E-state index in [1.165, 1.54) is 0 Å². The van der Waals surface area contributed by atoms with Crippen LogP contribution in [0.15, 0.2) is 48.5 Å². The van der Waals surface area contributed by atoms with Crippen molar-refractivity contribution in [1.82, 2.24) is 9.80 Å². The van der Waals surface area contributed by atoms with Crippen LogP contribution in [-0.2, 0) is 11.2 Å². The Bertz CT molecular complexity index is 831. The zero-order chi connectivity index (χ0) is 27.5. The summed E-state index contributed by atoms with van der Waals surface area (Å²) in [5, 5.41) is 21.9. The third kappa shape index (κ3) is 8.48. The molecule has 6 heteroatoms. The van der Waals surface area contributed by atoms with Gasteiger partial charge in [-0.05, 0) is 76.4 Å². The van der Waals surface area contributed by atoms with Crippen molar-refractivity contribution in [2.45, 2.75) is 51.7 Å². The number of aliphatic hydroxyl groups is 2. The average Bonchev–Trinajstić information content (AvgIpc) is 2.87. The summed E-state index contributed by atoms with van der Waals surface area (Å²) in [5.74, 6) is 1.89. The normalized spacial score (nSPS) is 16.4. The molecule has 2 unspecified atom stereocenters. The van der Waals surface area contributed by atoms with Gasteiger partial charge in [-0.3, -0.25) is 0 Å². The third-order valence-electron chi connectivity index (χ3n) is 7.13. The van der Waals surface area contributed by atoms with E-state index >= 15 is 0 Å². The van der Waals surface area contributed by atoms with Crippen LogP contribution in [0.4, 0.5) is 0 Å². The second-order valence-corrected chi connectivity index (χ2v) is 10.3. The van der Waals surface area contributed by atoms with Gasteiger partial charge in [-0.15, -0.1) is 0 Å². The van der Waals surface area contributed by atoms with Crippen LogP contribution in [-0.4, -0.2) is 75.5 Å². The molecule has 0 aliphatic heterocycles. The zero-order valence-corrected chi connectivity index (χ0v) is 24.2. The minimum atomic E-state index is -0.807. The lowest BCUT2D eigenvalue weighted by Crippen LogP contribution is -2.38. The Morgan fingerprint density at radius 1 is 0.694 bits per heavy atom. The summed E-state index contributed by atoms with van der Waals surface area (Å²) in [7, 11) is 11.4. The number of hydrogen-bond donors (Lipinski definition) is 2. The molecule has 6 nitrogen and oxygen atoms in total. The quantitative estimate of drug-likeness (QED) is 0.427. The molecule has 2 rings (SSSR count). The average molecular weight is 503 g/mol. The number of benzene rings is 2. The number of methoxy groups -OCH3 is 2. The van der Waals surface area contributed by atoms with Crippen molar-refractivity contribution in [2.24, 2.45) is 11.8 Å². The maximum atomic E-state index is 10.9. The molecule has 0 amide bonds. The molecule has 0 spiro atoms. The number of nitrogens with zero attached hydrogens (tertiary/aromatic N) is 2.